The van der Waals surface area contributed by atoms with Gasteiger partial charge >= 0.3 is 37.3 Å². The summed E-state index contributed by atoms with van der Waals surface area (Å²) >= 11 is -2.75. The van der Waals surface area contributed by atoms with Gasteiger partial charge in [0.2, 0.25) is 0 Å². The third kappa shape index (κ3) is 2250. The van der Waals surface area contributed by atoms with Crippen LogP contribution in [0.2, 0.25) is 0 Å². The summed E-state index contributed by atoms with van der Waals surface area (Å²) in [4.78, 5) is 0. The van der Waals surface area contributed by atoms with Gasteiger partial charge in [-0.25, -0.2) is 0 Å². The molecule has 0 aliphatic heterocycles. The second-order valence-electron chi connectivity index (χ2n) is 0.151. The summed E-state index contributed by atoms with van der Waals surface area (Å²) < 4.78 is 33.6. The first-order chi connectivity index (χ1) is 2.83. The predicted molar refractivity (Wildman–Crippen MR) is 10.3 cm³/mol. The van der Waals surface area contributed by atoms with Crippen LogP contribution >= 0.6 is 0 Å². The first-order valence-electron chi connectivity index (χ1n) is 0.742. The van der Waals surface area contributed by atoms with Crippen LogP contribution in [0.4, 0.5) is 0 Å². The minimum atomic E-state index is -2.00. The van der Waals surface area contributed by atoms with Gasteiger partial charge in [-0.1, -0.05) is 0 Å². The Morgan fingerprint density at radius 3 is 1.17 bits per heavy atom. The third-order valence-corrected chi connectivity index (χ3v) is 0. The van der Waals surface area contributed by atoms with E-state index in [1.165, 1.54) is 0 Å². The molecule has 0 aliphatic rings. The van der Waals surface area contributed by atoms with Crippen molar-refractivity contribution < 1.29 is 34.2 Å². The fourth-order valence-corrected chi connectivity index (χ4v) is 0. The first kappa shape index (κ1) is 9.46. The summed E-state index contributed by atoms with van der Waals surface area (Å²) in [7, 11) is 0. The molecule has 6 heteroatoms. The molecule has 0 atom stereocenters. The van der Waals surface area contributed by atoms with Crippen molar-refractivity contribution in [3.63, 3.8) is 0 Å². The van der Waals surface area contributed by atoms with Crippen LogP contribution in [0.5, 0.6) is 0 Å². The summed E-state index contributed by atoms with van der Waals surface area (Å²) in [5.41, 5.74) is 0. The zero-order valence-electron chi connectivity index (χ0n) is 2.54. The number of hydrogen-bond acceptors (Lipinski definition) is 4. The molecule has 0 bridgehead atoms. The molecule has 0 saturated carbocycles. The topological polar surface area (TPSA) is 68.3 Å². The van der Waals surface area contributed by atoms with Gasteiger partial charge in [0, 0.05) is 0 Å². The molecule has 4 nitrogen and oxygen atoms in total. The van der Waals surface area contributed by atoms with Crippen LogP contribution in [0, 0.1) is 0 Å². The van der Waals surface area contributed by atoms with Gasteiger partial charge < -0.3 is 0 Å². The maximum absolute atomic E-state index is 8.50. The van der Waals surface area contributed by atoms with E-state index in [2.05, 4.69) is 0 Å². The zero-order chi connectivity index (χ0) is 5.41. The van der Waals surface area contributed by atoms with Gasteiger partial charge in [-0.15, -0.1) is 0 Å². The third-order valence-electron chi connectivity index (χ3n) is 0. The van der Waals surface area contributed by atoms with Gasteiger partial charge in [-0.2, -0.15) is 8.42 Å². The Balaban J connectivity index is 0. The summed E-state index contributed by atoms with van der Waals surface area (Å²) in [6.45, 7) is 0. The summed E-state index contributed by atoms with van der Waals surface area (Å²) in [5, 5.41) is 0. The van der Waals surface area contributed by atoms with Gasteiger partial charge in [0.1, 0.15) is 0 Å². The second-order valence-corrected chi connectivity index (χ2v) is 0.548. The average Bonchev–Trinajstić information content (AvgIpc) is 1.39. The Morgan fingerprint density at radius 2 is 1.17 bits per heavy atom. The van der Waals surface area contributed by atoms with E-state index in [4.69, 9.17) is 15.1 Å². The van der Waals surface area contributed by atoms with Crippen molar-refractivity contribution in [2.24, 2.45) is 0 Å². The number of hydrogen-bond donors (Lipinski definition) is 0. The molecule has 0 radical (unpaired) electrons. The Bertz CT molecular complexity index is 61.5. The van der Waals surface area contributed by atoms with Crippen LogP contribution < -0.4 is 0 Å². The molecule has 0 N–H and O–H groups in total. The van der Waals surface area contributed by atoms with Gasteiger partial charge in [0.15, 0.2) is 0 Å². The predicted octanol–water partition coefficient (Wildman–Crippen LogP) is -0.910. The standard InChI is InChI=1S/O2S.2O.Ti/c1-3-2;;;. The molecule has 0 unspecified atom stereocenters. The Hall–Kier alpha value is 0.134. The Labute approximate surface area is 46.1 Å². The monoisotopic (exact) mass is 144 g/mol. The number of rotatable bonds is 0. The average molecular weight is 144 g/mol. The summed E-state index contributed by atoms with van der Waals surface area (Å²) in [5.74, 6) is 0. The molecule has 6 heavy (non-hydrogen) atoms. The van der Waals surface area contributed by atoms with E-state index in [0.29, 0.717) is 0 Å². The molecule has 0 spiro atoms. The second kappa shape index (κ2) is 19.3. The molecular weight excluding hydrogens is 144 g/mol. The van der Waals surface area contributed by atoms with E-state index in [1.54, 1.807) is 0 Å². The molecule has 34 valence electrons. The maximum atomic E-state index is 8.50. The van der Waals surface area contributed by atoms with Gasteiger partial charge in [-0.3, -0.25) is 0 Å². The van der Waals surface area contributed by atoms with Crippen molar-refractivity contribution in [1.29, 1.82) is 0 Å². The molecule has 0 aromatic carbocycles. The van der Waals surface area contributed by atoms with Crippen LogP contribution in [0.25, 0.3) is 0 Å². The Morgan fingerprint density at radius 1 is 1.17 bits per heavy atom. The molecule has 0 fully saturated rings. The van der Waals surface area contributed by atoms with Crippen LogP contribution in [-0.2, 0) is 37.3 Å². The van der Waals surface area contributed by atoms with E-state index < -0.39 is 30.7 Å². The van der Waals surface area contributed by atoms with E-state index in [1.807, 2.05) is 0 Å². The molecule has 0 saturated heterocycles. The SMILES string of the molecule is O=S=O.[O]=[Ti]=[O]. The zero-order valence-corrected chi connectivity index (χ0v) is 4.92. The molecule has 0 heterocycles. The van der Waals surface area contributed by atoms with E-state index in [0.717, 1.165) is 0 Å². The van der Waals surface area contributed by atoms with Crippen LogP contribution in [0.1, 0.15) is 0 Å². The molecular formula is O4STi. The van der Waals surface area contributed by atoms with E-state index in [9.17, 15) is 0 Å². The van der Waals surface area contributed by atoms with Crippen molar-refractivity contribution in [1.82, 2.24) is 0 Å². The van der Waals surface area contributed by atoms with Crippen molar-refractivity contribution in [3.05, 3.63) is 0 Å². The fourth-order valence-electron chi connectivity index (χ4n) is 0. The van der Waals surface area contributed by atoms with E-state index in [-0.39, 0.29) is 0 Å². The molecule has 0 aromatic heterocycles. The molecule has 0 aliphatic carbocycles. The quantitative estimate of drug-likeness (QED) is 0.412. The molecule has 0 amide bonds. The van der Waals surface area contributed by atoms with Crippen LogP contribution in [0.15, 0.2) is 0 Å². The molecule has 0 aromatic rings. The first-order valence-corrected chi connectivity index (χ1v) is 2.68. The van der Waals surface area contributed by atoms with Gasteiger partial charge in [-0.05, 0) is 0 Å². The van der Waals surface area contributed by atoms with Crippen molar-refractivity contribution >= 4 is 11.6 Å². The normalized spacial score (nSPS) is 3.33. The van der Waals surface area contributed by atoms with Crippen molar-refractivity contribution in [3.8, 4) is 0 Å². The van der Waals surface area contributed by atoms with E-state index >= 15 is 0 Å². The van der Waals surface area contributed by atoms with Crippen LogP contribution in [-0.4, -0.2) is 8.42 Å². The van der Waals surface area contributed by atoms with Crippen molar-refractivity contribution in [2.45, 2.75) is 0 Å². The van der Waals surface area contributed by atoms with Gasteiger partial charge in [0.05, 0.1) is 0 Å². The summed E-state index contributed by atoms with van der Waals surface area (Å²) in [6.07, 6.45) is 0. The van der Waals surface area contributed by atoms with Crippen molar-refractivity contribution in [2.75, 3.05) is 0 Å². The molecule has 0 rings (SSSR count). The van der Waals surface area contributed by atoms with Crippen LogP contribution in [0.3, 0.4) is 0 Å². The minimum absolute atomic E-state index is 0.750. The Kier molecular flexibility index (Phi) is 30.4. The fraction of sp³-hybridized carbons (Fsp3) is 0. The summed E-state index contributed by atoms with van der Waals surface area (Å²) in [6, 6.07) is 0. The van der Waals surface area contributed by atoms with Gasteiger partial charge in [0.25, 0.3) is 0 Å².